The fraction of sp³-hybridized carbons (Fsp3) is 0.750. The molecule has 2 unspecified atom stereocenters. The van der Waals surface area contributed by atoms with E-state index in [9.17, 15) is 0 Å². The number of aromatic nitrogens is 1. The molecule has 92 valence electrons. The number of hydrogen-bond donors (Lipinski definition) is 1. The van der Waals surface area contributed by atoms with Gasteiger partial charge >= 0.3 is 0 Å². The van der Waals surface area contributed by atoms with Crippen molar-refractivity contribution in [2.24, 2.45) is 5.92 Å². The maximum Gasteiger partial charge on any atom is 0.0900 e. The number of nitrogens with zero attached hydrogens (tertiary/aromatic N) is 1. The minimum absolute atomic E-state index is 0.390. The van der Waals surface area contributed by atoms with Gasteiger partial charge in [0.2, 0.25) is 0 Å². The van der Waals surface area contributed by atoms with Gasteiger partial charge in [0, 0.05) is 24.6 Å². The van der Waals surface area contributed by atoms with Crippen LogP contribution in [0.25, 0.3) is 0 Å². The SMILES string of the molecule is CNC(c1sc(C)nc1C)C(C)CCOC. The van der Waals surface area contributed by atoms with Crippen molar-refractivity contribution in [1.82, 2.24) is 10.3 Å². The van der Waals surface area contributed by atoms with Crippen LogP contribution in [0.3, 0.4) is 0 Å². The zero-order valence-electron chi connectivity index (χ0n) is 10.8. The summed E-state index contributed by atoms with van der Waals surface area (Å²) >= 11 is 1.79. The van der Waals surface area contributed by atoms with Crippen molar-refractivity contribution in [2.75, 3.05) is 20.8 Å². The predicted molar refractivity (Wildman–Crippen MR) is 69.0 cm³/mol. The highest BCUT2D eigenvalue weighted by Crippen LogP contribution is 2.31. The van der Waals surface area contributed by atoms with Crippen LogP contribution in [0.15, 0.2) is 0 Å². The average molecular weight is 242 g/mol. The van der Waals surface area contributed by atoms with Crippen molar-refractivity contribution in [3.05, 3.63) is 15.6 Å². The van der Waals surface area contributed by atoms with Gasteiger partial charge in [0.05, 0.1) is 10.7 Å². The van der Waals surface area contributed by atoms with Gasteiger partial charge in [0.15, 0.2) is 0 Å². The third kappa shape index (κ3) is 3.27. The molecule has 0 aliphatic heterocycles. The number of hydrogen-bond acceptors (Lipinski definition) is 4. The Kier molecular flexibility index (Phi) is 5.38. The van der Waals surface area contributed by atoms with Crippen molar-refractivity contribution >= 4 is 11.3 Å². The standard InChI is InChI=1S/C12H22N2OS/c1-8(6-7-15-5)11(13-4)12-9(2)14-10(3)16-12/h8,11,13H,6-7H2,1-5H3. The second-order valence-electron chi connectivity index (χ2n) is 4.21. The first-order valence-corrected chi connectivity index (χ1v) is 6.52. The zero-order chi connectivity index (χ0) is 12.1. The Hall–Kier alpha value is -0.450. The molecule has 1 N–H and O–H groups in total. The first-order chi connectivity index (χ1) is 7.60. The van der Waals surface area contributed by atoms with Gasteiger partial charge in [0.1, 0.15) is 0 Å². The van der Waals surface area contributed by atoms with Crippen molar-refractivity contribution in [1.29, 1.82) is 0 Å². The molecule has 1 aromatic heterocycles. The van der Waals surface area contributed by atoms with Gasteiger partial charge in [0.25, 0.3) is 0 Å². The van der Waals surface area contributed by atoms with E-state index in [1.807, 2.05) is 7.05 Å². The van der Waals surface area contributed by atoms with Crippen molar-refractivity contribution in [2.45, 2.75) is 33.2 Å². The van der Waals surface area contributed by atoms with E-state index >= 15 is 0 Å². The van der Waals surface area contributed by atoms with E-state index < -0.39 is 0 Å². The van der Waals surface area contributed by atoms with E-state index in [1.54, 1.807) is 18.4 Å². The molecule has 1 rings (SSSR count). The average Bonchev–Trinajstić information content (AvgIpc) is 2.56. The van der Waals surface area contributed by atoms with E-state index in [2.05, 4.69) is 31.1 Å². The molecule has 0 radical (unpaired) electrons. The van der Waals surface area contributed by atoms with Crippen LogP contribution in [0, 0.1) is 19.8 Å². The van der Waals surface area contributed by atoms with Gasteiger partial charge < -0.3 is 10.1 Å². The highest BCUT2D eigenvalue weighted by atomic mass is 32.1. The molecule has 0 fully saturated rings. The predicted octanol–water partition coefficient (Wildman–Crippen LogP) is 2.69. The first kappa shape index (κ1) is 13.6. The molecule has 0 aromatic carbocycles. The molecule has 3 nitrogen and oxygen atoms in total. The van der Waals surface area contributed by atoms with Gasteiger partial charge in [-0.15, -0.1) is 11.3 Å². The van der Waals surface area contributed by atoms with Crippen molar-refractivity contribution < 1.29 is 4.74 Å². The Morgan fingerprint density at radius 3 is 2.56 bits per heavy atom. The Bertz CT molecular complexity index is 325. The maximum absolute atomic E-state index is 5.14. The number of ether oxygens (including phenoxy) is 1. The van der Waals surface area contributed by atoms with Gasteiger partial charge in [-0.1, -0.05) is 6.92 Å². The van der Waals surface area contributed by atoms with E-state index in [0.717, 1.165) is 23.7 Å². The first-order valence-electron chi connectivity index (χ1n) is 5.70. The second kappa shape index (κ2) is 6.33. The van der Waals surface area contributed by atoms with E-state index in [0.29, 0.717) is 12.0 Å². The molecule has 0 saturated heterocycles. The minimum Gasteiger partial charge on any atom is -0.385 e. The highest BCUT2D eigenvalue weighted by molar-refractivity contribution is 7.11. The quantitative estimate of drug-likeness (QED) is 0.833. The van der Waals surface area contributed by atoms with E-state index in [-0.39, 0.29) is 0 Å². The Morgan fingerprint density at radius 1 is 1.44 bits per heavy atom. The number of methoxy groups -OCH3 is 1. The minimum atomic E-state index is 0.390. The van der Waals surface area contributed by atoms with Gasteiger partial charge in [-0.05, 0) is 33.2 Å². The lowest BCUT2D eigenvalue weighted by molar-refractivity contribution is 0.171. The lowest BCUT2D eigenvalue weighted by atomic mass is 9.96. The van der Waals surface area contributed by atoms with E-state index in [4.69, 9.17) is 4.74 Å². The fourth-order valence-corrected chi connectivity index (χ4v) is 3.15. The molecule has 16 heavy (non-hydrogen) atoms. The third-order valence-electron chi connectivity index (χ3n) is 2.88. The van der Waals surface area contributed by atoms with Crippen LogP contribution >= 0.6 is 11.3 Å². The normalized spacial score (nSPS) is 15.1. The summed E-state index contributed by atoms with van der Waals surface area (Å²) < 4.78 is 5.14. The van der Waals surface area contributed by atoms with Gasteiger partial charge in [-0.2, -0.15) is 0 Å². The van der Waals surface area contributed by atoms with E-state index in [1.165, 1.54) is 4.88 Å². The lowest BCUT2D eigenvalue weighted by Gasteiger charge is -2.22. The van der Waals surface area contributed by atoms with Crippen LogP contribution in [-0.2, 0) is 4.74 Å². The van der Waals surface area contributed by atoms with Crippen LogP contribution in [0.1, 0.15) is 35.0 Å². The summed E-state index contributed by atoms with van der Waals surface area (Å²) in [7, 11) is 3.77. The topological polar surface area (TPSA) is 34.2 Å². The molecule has 0 aliphatic carbocycles. The summed E-state index contributed by atoms with van der Waals surface area (Å²) in [5, 5.41) is 4.54. The van der Waals surface area contributed by atoms with Gasteiger partial charge in [-0.3, -0.25) is 0 Å². The Balaban J connectivity index is 2.77. The highest BCUT2D eigenvalue weighted by Gasteiger charge is 2.21. The second-order valence-corrected chi connectivity index (χ2v) is 5.44. The molecule has 0 aliphatic rings. The van der Waals surface area contributed by atoms with Crippen LogP contribution in [0.2, 0.25) is 0 Å². The zero-order valence-corrected chi connectivity index (χ0v) is 11.6. The van der Waals surface area contributed by atoms with Crippen molar-refractivity contribution in [3.63, 3.8) is 0 Å². The van der Waals surface area contributed by atoms with Crippen LogP contribution in [-0.4, -0.2) is 25.7 Å². The van der Waals surface area contributed by atoms with Crippen molar-refractivity contribution in [3.8, 4) is 0 Å². The molecular formula is C12H22N2OS. The largest absolute Gasteiger partial charge is 0.385 e. The lowest BCUT2D eigenvalue weighted by Crippen LogP contribution is -2.24. The Morgan fingerprint density at radius 2 is 2.12 bits per heavy atom. The van der Waals surface area contributed by atoms with Crippen LogP contribution < -0.4 is 5.32 Å². The number of rotatable bonds is 6. The molecule has 0 spiro atoms. The number of thiazole rings is 1. The van der Waals surface area contributed by atoms with Crippen LogP contribution in [0.5, 0.6) is 0 Å². The molecule has 4 heteroatoms. The number of aryl methyl sites for hydroxylation is 2. The van der Waals surface area contributed by atoms with Crippen LogP contribution in [0.4, 0.5) is 0 Å². The molecule has 0 saturated carbocycles. The molecule has 2 atom stereocenters. The summed E-state index contributed by atoms with van der Waals surface area (Å²) in [6.07, 6.45) is 1.07. The molecule has 1 aromatic rings. The molecule has 0 bridgehead atoms. The molecule has 0 amide bonds. The maximum atomic E-state index is 5.14. The monoisotopic (exact) mass is 242 g/mol. The summed E-state index contributed by atoms with van der Waals surface area (Å²) in [6.45, 7) is 7.23. The van der Waals surface area contributed by atoms with Gasteiger partial charge in [-0.25, -0.2) is 4.98 Å². The smallest absolute Gasteiger partial charge is 0.0900 e. The summed E-state index contributed by atoms with van der Waals surface area (Å²) in [4.78, 5) is 5.85. The number of nitrogens with one attached hydrogen (secondary N) is 1. The Labute approximate surface area is 102 Å². The third-order valence-corrected chi connectivity index (χ3v) is 4.04. The fourth-order valence-electron chi connectivity index (χ4n) is 1.98. The summed E-state index contributed by atoms with van der Waals surface area (Å²) in [5.41, 5.74) is 1.16. The molecular weight excluding hydrogens is 220 g/mol. The summed E-state index contributed by atoms with van der Waals surface area (Å²) in [6, 6.07) is 0.390. The molecule has 1 heterocycles. The summed E-state index contributed by atoms with van der Waals surface area (Å²) in [5.74, 6) is 0.559.